The van der Waals surface area contributed by atoms with Crippen LogP contribution < -0.4 is 11.1 Å². The number of benzene rings is 1. The fourth-order valence-electron chi connectivity index (χ4n) is 2.36. The van der Waals surface area contributed by atoms with Crippen molar-refractivity contribution in [2.24, 2.45) is 0 Å². The summed E-state index contributed by atoms with van der Waals surface area (Å²) in [5.41, 5.74) is 7.02. The summed E-state index contributed by atoms with van der Waals surface area (Å²) >= 11 is 2.11. The van der Waals surface area contributed by atoms with Crippen molar-refractivity contribution in [2.45, 2.75) is 25.8 Å². The van der Waals surface area contributed by atoms with E-state index in [9.17, 15) is 9.59 Å². The highest BCUT2D eigenvalue weighted by Crippen LogP contribution is 2.17. The van der Waals surface area contributed by atoms with Gasteiger partial charge in [-0.05, 0) is 60.6 Å². The van der Waals surface area contributed by atoms with E-state index >= 15 is 0 Å². The number of nitrogens with zero attached hydrogens (tertiary/aromatic N) is 1. The molecule has 1 aromatic carbocycles. The van der Waals surface area contributed by atoms with E-state index in [2.05, 4.69) is 27.9 Å². The van der Waals surface area contributed by atoms with E-state index in [-0.39, 0.29) is 18.0 Å². The standard InChI is InChI=1S/C15H20IN3O3/c1-2-22-15(21)19-7-5-11(6-8-19)18-14(20)10-3-4-13(17)12(16)9-10/h3-4,9,11H,2,5-8,17H2,1H3,(H,18,20). The molecule has 7 heteroatoms. The maximum absolute atomic E-state index is 12.2. The van der Waals surface area contributed by atoms with Gasteiger partial charge in [0.1, 0.15) is 0 Å². The minimum absolute atomic E-state index is 0.0772. The molecule has 0 aromatic heterocycles. The average molecular weight is 417 g/mol. The first kappa shape index (κ1) is 16.9. The van der Waals surface area contributed by atoms with Gasteiger partial charge >= 0.3 is 6.09 Å². The highest BCUT2D eigenvalue weighted by atomic mass is 127. The molecular weight excluding hydrogens is 397 g/mol. The van der Waals surface area contributed by atoms with Crippen LogP contribution in [0, 0.1) is 3.57 Å². The summed E-state index contributed by atoms with van der Waals surface area (Å²) in [5.74, 6) is -0.104. The van der Waals surface area contributed by atoms with Gasteiger partial charge in [-0.25, -0.2) is 4.79 Å². The van der Waals surface area contributed by atoms with Crippen molar-refractivity contribution in [1.82, 2.24) is 10.2 Å². The van der Waals surface area contributed by atoms with Crippen LogP contribution in [0.15, 0.2) is 18.2 Å². The third-order valence-electron chi connectivity index (χ3n) is 3.62. The van der Waals surface area contributed by atoms with Crippen LogP contribution in [0.3, 0.4) is 0 Å². The lowest BCUT2D eigenvalue weighted by Gasteiger charge is -2.31. The van der Waals surface area contributed by atoms with Gasteiger partial charge in [-0.15, -0.1) is 0 Å². The first-order chi connectivity index (χ1) is 10.5. The fraction of sp³-hybridized carbons (Fsp3) is 0.467. The molecule has 0 unspecified atom stereocenters. The Balaban J connectivity index is 1.86. The first-order valence-electron chi connectivity index (χ1n) is 7.29. The van der Waals surface area contributed by atoms with Crippen molar-refractivity contribution >= 4 is 40.3 Å². The van der Waals surface area contributed by atoms with E-state index < -0.39 is 0 Å². The summed E-state index contributed by atoms with van der Waals surface area (Å²) in [5, 5.41) is 3.01. The van der Waals surface area contributed by atoms with Gasteiger partial charge in [-0.2, -0.15) is 0 Å². The Hall–Kier alpha value is -1.51. The number of anilines is 1. The summed E-state index contributed by atoms with van der Waals surface area (Å²) in [6.45, 7) is 3.37. The highest BCUT2D eigenvalue weighted by Gasteiger charge is 2.24. The Kier molecular flexibility index (Phi) is 5.87. The average Bonchev–Trinajstić information content (AvgIpc) is 2.51. The van der Waals surface area contributed by atoms with Gasteiger partial charge < -0.3 is 20.7 Å². The zero-order valence-electron chi connectivity index (χ0n) is 12.5. The molecule has 0 spiro atoms. The zero-order valence-corrected chi connectivity index (χ0v) is 14.6. The summed E-state index contributed by atoms with van der Waals surface area (Å²) in [7, 11) is 0. The molecule has 0 bridgehead atoms. The topological polar surface area (TPSA) is 84.7 Å². The second-order valence-corrected chi connectivity index (χ2v) is 6.33. The fourth-order valence-corrected chi connectivity index (χ4v) is 2.87. The number of ether oxygens (including phenoxy) is 1. The number of hydrogen-bond acceptors (Lipinski definition) is 4. The van der Waals surface area contributed by atoms with Crippen LogP contribution in [0.1, 0.15) is 30.1 Å². The monoisotopic (exact) mass is 417 g/mol. The molecule has 1 heterocycles. The Morgan fingerprint density at radius 2 is 2.09 bits per heavy atom. The maximum atomic E-state index is 12.2. The lowest BCUT2D eigenvalue weighted by molar-refractivity contribution is 0.0860. The number of rotatable bonds is 3. The van der Waals surface area contributed by atoms with E-state index in [1.54, 1.807) is 30.0 Å². The van der Waals surface area contributed by atoms with Gasteiger partial charge in [0.15, 0.2) is 0 Å². The number of carbonyl (C=O) groups excluding carboxylic acids is 2. The molecule has 0 radical (unpaired) electrons. The van der Waals surface area contributed by atoms with Crippen LogP contribution in [0.25, 0.3) is 0 Å². The lowest BCUT2D eigenvalue weighted by Crippen LogP contribution is -2.46. The summed E-state index contributed by atoms with van der Waals surface area (Å²) < 4.78 is 5.84. The van der Waals surface area contributed by atoms with Crippen molar-refractivity contribution in [3.8, 4) is 0 Å². The Morgan fingerprint density at radius 1 is 1.41 bits per heavy atom. The molecule has 6 nitrogen and oxygen atoms in total. The third-order valence-corrected chi connectivity index (χ3v) is 4.55. The Morgan fingerprint density at radius 3 is 2.68 bits per heavy atom. The normalized spacial score (nSPS) is 15.5. The second kappa shape index (κ2) is 7.66. The van der Waals surface area contributed by atoms with Gasteiger partial charge in [0, 0.05) is 34.0 Å². The van der Waals surface area contributed by atoms with Crippen LogP contribution in [-0.4, -0.2) is 42.6 Å². The zero-order chi connectivity index (χ0) is 16.1. The molecule has 2 rings (SSSR count). The van der Waals surface area contributed by atoms with E-state index in [0.717, 1.165) is 16.4 Å². The number of nitrogens with one attached hydrogen (secondary N) is 1. The SMILES string of the molecule is CCOC(=O)N1CCC(NC(=O)c2ccc(N)c(I)c2)CC1. The molecule has 0 aliphatic carbocycles. The van der Waals surface area contributed by atoms with Crippen LogP contribution in [0.5, 0.6) is 0 Å². The quantitative estimate of drug-likeness (QED) is 0.584. The van der Waals surface area contributed by atoms with Crippen molar-refractivity contribution in [3.05, 3.63) is 27.3 Å². The van der Waals surface area contributed by atoms with Gasteiger partial charge in [0.25, 0.3) is 5.91 Å². The number of carbonyl (C=O) groups is 2. The smallest absolute Gasteiger partial charge is 0.409 e. The number of amides is 2. The number of nitrogen functional groups attached to an aromatic ring is 1. The molecule has 1 aromatic rings. The van der Waals surface area contributed by atoms with Crippen molar-refractivity contribution in [1.29, 1.82) is 0 Å². The largest absolute Gasteiger partial charge is 0.450 e. The van der Waals surface area contributed by atoms with Crippen molar-refractivity contribution in [3.63, 3.8) is 0 Å². The summed E-state index contributed by atoms with van der Waals surface area (Å²) in [4.78, 5) is 25.5. The molecule has 1 aliphatic rings. The minimum atomic E-state index is -0.277. The first-order valence-corrected chi connectivity index (χ1v) is 8.36. The highest BCUT2D eigenvalue weighted by molar-refractivity contribution is 14.1. The van der Waals surface area contributed by atoms with Crippen molar-refractivity contribution in [2.75, 3.05) is 25.4 Å². The molecule has 2 amide bonds. The number of nitrogens with two attached hydrogens (primary N) is 1. The van der Waals surface area contributed by atoms with E-state index in [4.69, 9.17) is 10.5 Å². The van der Waals surface area contributed by atoms with Gasteiger partial charge in [-0.1, -0.05) is 0 Å². The van der Waals surface area contributed by atoms with Crippen LogP contribution in [0.4, 0.5) is 10.5 Å². The van der Waals surface area contributed by atoms with E-state index in [0.29, 0.717) is 30.9 Å². The molecular formula is C15H20IN3O3. The Bertz CT molecular complexity index is 557. The molecule has 0 saturated carbocycles. The summed E-state index contributed by atoms with van der Waals surface area (Å²) in [6, 6.07) is 5.31. The summed E-state index contributed by atoms with van der Waals surface area (Å²) in [6.07, 6.45) is 1.19. The van der Waals surface area contributed by atoms with Crippen LogP contribution >= 0.6 is 22.6 Å². The molecule has 22 heavy (non-hydrogen) atoms. The molecule has 1 fully saturated rings. The van der Waals surface area contributed by atoms with Crippen molar-refractivity contribution < 1.29 is 14.3 Å². The number of likely N-dealkylation sites (tertiary alicyclic amines) is 1. The molecule has 1 saturated heterocycles. The van der Waals surface area contributed by atoms with E-state index in [1.165, 1.54) is 0 Å². The number of piperidine rings is 1. The lowest BCUT2D eigenvalue weighted by atomic mass is 10.0. The van der Waals surface area contributed by atoms with E-state index in [1.807, 2.05) is 0 Å². The molecule has 120 valence electrons. The predicted octanol–water partition coefficient (Wildman–Crippen LogP) is 2.22. The minimum Gasteiger partial charge on any atom is -0.450 e. The number of hydrogen-bond donors (Lipinski definition) is 2. The van der Waals surface area contributed by atoms with Gasteiger partial charge in [0.2, 0.25) is 0 Å². The van der Waals surface area contributed by atoms with Gasteiger partial charge in [-0.3, -0.25) is 4.79 Å². The Labute approximate surface area is 143 Å². The molecule has 0 atom stereocenters. The maximum Gasteiger partial charge on any atom is 0.409 e. The molecule has 1 aliphatic heterocycles. The van der Waals surface area contributed by atoms with Crippen LogP contribution in [-0.2, 0) is 4.74 Å². The second-order valence-electron chi connectivity index (χ2n) is 5.17. The number of halogens is 1. The third kappa shape index (κ3) is 4.25. The predicted molar refractivity (Wildman–Crippen MR) is 92.7 cm³/mol. The molecule has 3 N–H and O–H groups in total. The van der Waals surface area contributed by atoms with Crippen LogP contribution in [0.2, 0.25) is 0 Å². The van der Waals surface area contributed by atoms with Gasteiger partial charge in [0.05, 0.1) is 6.61 Å².